The monoisotopic (exact) mass is 313 g/mol. The second kappa shape index (κ2) is 6.06. The summed E-state index contributed by atoms with van der Waals surface area (Å²) >= 11 is 0. The van der Waals surface area contributed by atoms with Crippen LogP contribution in [0.5, 0.6) is 0 Å². The van der Waals surface area contributed by atoms with Crippen LogP contribution in [0.3, 0.4) is 0 Å². The van der Waals surface area contributed by atoms with Crippen LogP contribution in [0.2, 0.25) is 0 Å². The predicted molar refractivity (Wildman–Crippen MR) is 71.0 cm³/mol. The fourth-order valence-corrected chi connectivity index (χ4v) is 5.88. The van der Waals surface area contributed by atoms with Gasteiger partial charge in [0.05, 0.1) is 6.54 Å². The molecule has 1 rings (SSSR count). The minimum Gasteiger partial charge on any atom is -0.409 e. The molecular formula is C9H19N3O5S2. The molecule has 1 aliphatic rings. The topological polar surface area (TPSA) is 130 Å². The van der Waals surface area contributed by atoms with Gasteiger partial charge in [0.25, 0.3) is 0 Å². The summed E-state index contributed by atoms with van der Waals surface area (Å²) in [6, 6.07) is -0.285. The second-order valence-corrected chi connectivity index (χ2v) is 9.16. The van der Waals surface area contributed by atoms with E-state index >= 15 is 0 Å². The van der Waals surface area contributed by atoms with Crippen LogP contribution in [0.15, 0.2) is 5.16 Å². The Kier molecular flexibility index (Phi) is 5.16. The first-order chi connectivity index (χ1) is 8.65. The summed E-state index contributed by atoms with van der Waals surface area (Å²) in [5.74, 6) is -0.260. The number of nitrogens with zero attached hydrogens (tertiary/aromatic N) is 2. The molecule has 1 fully saturated rings. The summed E-state index contributed by atoms with van der Waals surface area (Å²) in [7, 11) is -7.67. The van der Waals surface area contributed by atoms with Gasteiger partial charge >= 0.3 is 0 Å². The van der Waals surface area contributed by atoms with E-state index < -0.39 is 24.9 Å². The fraction of sp³-hybridized carbons (Fsp3) is 0.889. The van der Waals surface area contributed by atoms with E-state index in [0.29, 0.717) is 12.8 Å². The third-order valence-electron chi connectivity index (χ3n) is 2.90. The molecule has 112 valence electrons. The molecule has 0 aromatic rings. The summed E-state index contributed by atoms with van der Waals surface area (Å²) in [5.41, 5.74) is 5.35. The minimum absolute atomic E-state index is 0.260. The molecule has 0 unspecified atom stereocenters. The van der Waals surface area contributed by atoms with Crippen LogP contribution in [-0.2, 0) is 19.9 Å². The predicted octanol–water partition coefficient (Wildman–Crippen LogP) is -0.691. The molecule has 0 aliphatic heterocycles. The quantitative estimate of drug-likeness (QED) is 0.289. The fourth-order valence-electron chi connectivity index (χ4n) is 2.18. The molecule has 0 saturated heterocycles. The number of nitrogens with two attached hydrogens (primary N) is 1. The highest BCUT2D eigenvalue weighted by Crippen LogP contribution is 2.26. The van der Waals surface area contributed by atoms with Gasteiger partial charge in [-0.2, -0.15) is 4.31 Å². The number of hydrogen-bond donors (Lipinski definition) is 2. The lowest BCUT2D eigenvalue weighted by Crippen LogP contribution is -2.46. The summed E-state index contributed by atoms with van der Waals surface area (Å²) in [6.07, 6.45) is 3.93. The van der Waals surface area contributed by atoms with Gasteiger partial charge in [-0.25, -0.2) is 16.8 Å². The highest BCUT2D eigenvalue weighted by Gasteiger charge is 2.34. The van der Waals surface area contributed by atoms with Crippen molar-refractivity contribution in [3.63, 3.8) is 0 Å². The van der Waals surface area contributed by atoms with Crippen molar-refractivity contribution >= 4 is 25.7 Å². The normalized spacial score (nSPS) is 19.2. The van der Waals surface area contributed by atoms with Crippen LogP contribution in [0.25, 0.3) is 0 Å². The Balaban J connectivity index is 3.01. The highest BCUT2D eigenvalue weighted by atomic mass is 32.3. The van der Waals surface area contributed by atoms with Gasteiger partial charge in [0.15, 0.2) is 20.8 Å². The molecule has 3 N–H and O–H groups in total. The van der Waals surface area contributed by atoms with Gasteiger partial charge in [-0.05, 0) is 12.8 Å². The largest absolute Gasteiger partial charge is 0.409 e. The molecule has 0 bridgehead atoms. The molecule has 1 aliphatic carbocycles. The lowest BCUT2D eigenvalue weighted by Gasteiger charge is -2.27. The molecule has 0 radical (unpaired) electrons. The number of amidine groups is 1. The van der Waals surface area contributed by atoms with Crippen LogP contribution < -0.4 is 5.73 Å². The Hall–Kier alpha value is -0.870. The maximum absolute atomic E-state index is 12.1. The lowest BCUT2D eigenvalue weighted by molar-refractivity contribution is 0.309. The van der Waals surface area contributed by atoms with Gasteiger partial charge in [0.2, 0.25) is 10.0 Å². The minimum atomic E-state index is -4.00. The number of oxime groups is 1. The summed E-state index contributed by atoms with van der Waals surface area (Å²) < 4.78 is 47.7. The Morgan fingerprint density at radius 2 is 1.84 bits per heavy atom. The van der Waals surface area contributed by atoms with E-state index in [1.807, 2.05) is 0 Å². The molecule has 0 aromatic heterocycles. The molecule has 0 heterocycles. The summed E-state index contributed by atoms with van der Waals surface area (Å²) in [5, 5.41) is 10.3. The van der Waals surface area contributed by atoms with Crippen LogP contribution in [-0.4, -0.2) is 56.1 Å². The standard InChI is InChI=1S/C9H19N3O5S2/c1-18(14,15)7-19(16,17)12(6-9(10)11-13)8-4-2-3-5-8/h8,13H,2-7H2,1H3,(H2,10,11). The smallest absolute Gasteiger partial charge is 0.229 e. The molecule has 19 heavy (non-hydrogen) atoms. The van der Waals surface area contributed by atoms with Crippen LogP contribution in [0.1, 0.15) is 25.7 Å². The molecule has 0 aromatic carbocycles. The maximum atomic E-state index is 12.1. The third-order valence-corrected chi connectivity index (χ3v) is 6.94. The molecule has 8 nitrogen and oxygen atoms in total. The van der Waals surface area contributed by atoms with Gasteiger partial charge < -0.3 is 10.9 Å². The van der Waals surface area contributed by atoms with E-state index in [-0.39, 0.29) is 18.4 Å². The molecule has 1 saturated carbocycles. The first-order valence-corrected chi connectivity index (χ1v) is 9.46. The van der Waals surface area contributed by atoms with Crippen molar-refractivity contribution < 1.29 is 22.0 Å². The van der Waals surface area contributed by atoms with E-state index in [0.717, 1.165) is 23.4 Å². The Morgan fingerprint density at radius 3 is 2.26 bits per heavy atom. The van der Waals surface area contributed by atoms with Crippen LogP contribution in [0.4, 0.5) is 0 Å². The van der Waals surface area contributed by atoms with Gasteiger partial charge in [-0.15, -0.1) is 0 Å². The zero-order valence-corrected chi connectivity index (χ0v) is 12.3. The second-order valence-electron chi connectivity index (χ2n) is 4.73. The van der Waals surface area contributed by atoms with Crippen LogP contribution in [0, 0.1) is 0 Å². The SMILES string of the molecule is CS(=O)(=O)CS(=O)(=O)N(CC(N)=NO)C1CCCC1. The summed E-state index contributed by atoms with van der Waals surface area (Å²) in [4.78, 5) is 0. The van der Waals surface area contributed by atoms with E-state index in [1.165, 1.54) is 0 Å². The van der Waals surface area contributed by atoms with Crippen molar-refractivity contribution in [2.75, 3.05) is 17.9 Å². The highest BCUT2D eigenvalue weighted by molar-refractivity contribution is 8.06. The first kappa shape index (κ1) is 16.2. The number of hydrogen-bond acceptors (Lipinski definition) is 6. The maximum Gasteiger partial charge on any atom is 0.229 e. The molecule has 0 amide bonds. The van der Waals surface area contributed by atoms with Crippen molar-refractivity contribution in [2.45, 2.75) is 31.7 Å². The molecule has 0 spiro atoms. The molecule has 10 heteroatoms. The van der Waals surface area contributed by atoms with Crippen molar-refractivity contribution in [3.8, 4) is 0 Å². The zero-order chi connectivity index (χ0) is 14.7. The van der Waals surface area contributed by atoms with E-state index in [1.54, 1.807) is 0 Å². The third kappa shape index (κ3) is 4.96. The number of rotatable bonds is 6. The Bertz CT molecular complexity index is 534. The lowest BCUT2D eigenvalue weighted by atomic mass is 10.2. The van der Waals surface area contributed by atoms with Crippen molar-refractivity contribution in [2.24, 2.45) is 10.9 Å². The van der Waals surface area contributed by atoms with Crippen molar-refractivity contribution in [3.05, 3.63) is 0 Å². The van der Waals surface area contributed by atoms with Crippen LogP contribution >= 0.6 is 0 Å². The first-order valence-electron chi connectivity index (χ1n) is 5.79. The van der Waals surface area contributed by atoms with Gasteiger partial charge in [-0.1, -0.05) is 18.0 Å². The van der Waals surface area contributed by atoms with E-state index in [2.05, 4.69) is 5.16 Å². The van der Waals surface area contributed by atoms with Crippen molar-refractivity contribution in [1.82, 2.24) is 4.31 Å². The Morgan fingerprint density at radius 1 is 1.32 bits per heavy atom. The summed E-state index contributed by atoms with van der Waals surface area (Å²) in [6.45, 7) is -0.293. The average molecular weight is 313 g/mol. The van der Waals surface area contributed by atoms with Gasteiger partial charge in [0.1, 0.15) is 0 Å². The van der Waals surface area contributed by atoms with Crippen molar-refractivity contribution in [1.29, 1.82) is 0 Å². The number of sulfonamides is 1. The van der Waals surface area contributed by atoms with E-state index in [9.17, 15) is 16.8 Å². The van der Waals surface area contributed by atoms with E-state index in [4.69, 9.17) is 10.9 Å². The van der Waals surface area contributed by atoms with Gasteiger partial charge in [0, 0.05) is 12.3 Å². The molecule has 0 atom stereocenters. The molecular weight excluding hydrogens is 294 g/mol. The number of sulfone groups is 1. The average Bonchev–Trinajstić information content (AvgIpc) is 2.74. The zero-order valence-electron chi connectivity index (χ0n) is 10.7. The van der Waals surface area contributed by atoms with Gasteiger partial charge in [-0.3, -0.25) is 0 Å². The Labute approximate surface area is 113 Å².